The highest BCUT2D eigenvalue weighted by molar-refractivity contribution is 5.88. The van der Waals surface area contributed by atoms with Crippen molar-refractivity contribution in [2.75, 3.05) is 0 Å². The summed E-state index contributed by atoms with van der Waals surface area (Å²) in [5.74, 6) is -0.398. The molecule has 0 aliphatic heterocycles. The number of ether oxygens (including phenoxy) is 1. The van der Waals surface area contributed by atoms with E-state index in [2.05, 4.69) is 4.98 Å². The number of hydrogen-bond acceptors (Lipinski definition) is 3. The maximum Gasteiger partial charge on any atom is 0.420 e. The second-order valence-corrected chi connectivity index (χ2v) is 5.19. The van der Waals surface area contributed by atoms with Gasteiger partial charge in [-0.15, -0.1) is 0 Å². The first kappa shape index (κ1) is 12.5. The SMILES string of the molecule is Cc1cc(F)cc2c1ncn2C(=O)OC(C)(C)C. The molecule has 0 N–H and O–H groups in total. The molecule has 1 aromatic heterocycles. The van der Waals surface area contributed by atoms with Gasteiger partial charge < -0.3 is 4.74 Å². The lowest BCUT2D eigenvalue weighted by molar-refractivity contribution is 0.0543. The van der Waals surface area contributed by atoms with Crippen molar-refractivity contribution < 1.29 is 13.9 Å². The Kier molecular flexibility index (Phi) is 2.84. The van der Waals surface area contributed by atoms with Crippen molar-refractivity contribution in [3.8, 4) is 0 Å². The summed E-state index contributed by atoms with van der Waals surface area (Å²) in [5, 5.41) is 0. The molecule has 5 heteroatoms. The van der Waals surface area contributed by atoms with Crippen LogP contribution in [-0.2, 0) is 4.74 Å². The Morgan fingerprint density at radius 2 is 2.06 bits per heavy atom. The predicted molar refractivity (Wildman–Crippen MR) is 66.1 cm³/mol. The molecule has 4 nitrogen and oxygen atoms in total. The Hall–Kier alpha value is -1.91. The summed E-state index contributed by atoms with van der Waals surface area (Å²) < 4.78 is 19.8. The molecular formula is C13H15FN2O2. The van der Waals surface area contributed by atoms with E-state index in [0.29, 0.717) is 16.6 Å². The summed E-state index contributed by atoms with van der Waals surface area (Å²) in [4.78, 5) is 16.0. The number of benzene rings is 1. The van der Waals surface area contributed by atoms with Crippen LogP contribution in [0.15, 0.2) is 18.5 Å². The molecule has 18 heavy (non-hydrogen) atoms. The maximum atomic E-state index is 13.4. The van der Waals surface area contributed by atoms with Crippen molar-refractivity contribution in [3.05, 3.63) is 29.8 Å². The van der Waals surface area contributed by atoms with Gasteiger partial charge in [-0.1, -0.05) is 0 Å². The van der Waals surface area contributed by atoms with Crippen LogP contribution < -0.4 is 0 Å². The second kappa shape index (κ2) is 4.08. The van der Waals surface area contributed by atoms with Gasteiger partial charge in [0.25, 0.3) is 0 Å². The molecule has 2 aromatic rings. The number of aromatic nitrogens is 2. The van der Waals surface area contributed by atoms with E-state index in [0.717, 1.165) is 0 Å². The Balaban J connectivity index is 2.49. The van der Waals surface area contributed by atoms with Gasteiger partial charge in [0.1, 0.15) is 17.7 Å². The van der Waals surface area contributed by atoms with Crippen LogP contribution in [0.3, 0.4) is 0 Å². The molecular weight excluding hydrogens is 235 g/mol. The number of halogens is 1. The molecule has 0 saturated carbocycles. The standard InChI is InChI=1S/C13H15FN2O2/c1-8-5-9(14)6-10-11(8)15-7-16(10)12(17)18-13(2,3)4/h5-7H,1-4H3. The molecule has 1 aromatic carbocycles. The summed E-state index contributed by atoms with van der Waals surface area (Å²) in [6, 6.07) is 2.66. The van der Waals surface area contributed by atoms with Crippen molar-refractivity contribution in [2.45, 2.75) is 33.3 Å². The lowest BCUT2D eigenvalue weighted by atomic mass is 10.2. The van der Waals surface area contributed by atoms with Crippen molar-refractivity contribution in [3.63, 3.8) is 0 Å². The first-order valence-corrected chi connectivity index (χ1v) is 5.64. The third kappa shape index (κ3) is 2.34. The lowest BCUT2D eigenvalue weighted by Gasteiger charge is -2.19. The van der Waals surface area contributed by atoms with E-state index in [9.17, 15) is 9.18 Å². The molecule has 0 fully saturated rings. The number of fused-ring (bicyclic) bond motifs is 1. The van der Waals surface area contributed by atoms with Crippen LogP contribution in [0, 0.1) is 12.7 Å². The van der Waals surface area contributed by atoms with E-state index in [1.807, 2.05) is 0 Å². The van der Waals surface area contributed by atoms with E-state index in [4.69, 9.17) is 4.74 Å². The normalized spacial score (nSPS) is 11.8. The van der Waals surface area contributed by atoms with Crippen molar-refractivity contribution in [2.24, 2.45) is 0 Å². The molecule has 0 radical (unpaired) electrons. The highest BCUT2D eigenvalue weighted by atomic mass is 19.1. The van der Waals surface area contributed by atoms with Crippen molar-refractivity contribution in [1.29, 1.82) is 0 Å². The monoisotopic (exact) mass is 250 g/mol. The number of aryl methyl sites for hydroxylation is 1. The van der Waals surface area contributed by atoms with Crippen LogP contribution in [0.5, 0.6) is 0 Å². The van der Waals surface area contributed by atoms with Gasteiger partial charge in [-0.2, -0.15) is 0 Å². The fourth-order valence-electron chi connectivity index (χ4n) is 1.70. The highest BCUT2D eigenvalue weighted by Crippen LogP contribution is 2.20. The average Bonchev–Trinajstić information content (AvgIpc) is 2.58. The average molecular weight is 250 g/mol. The van der Waals surface area contributed by atoms with Gasteiger partial charge in [0.2, 0.25) is 0 Å². The zero-order chi connectivity index (χ0) is 13.5. The van der Waals surface area contributed by atoms with Crippen LogP contribution >= 0.6 is 0 Å². The molecule has 0 atom stereocenters. The topological polar surface area (TPSA) is 44.1 Å². The minimum atomic E-state index is -0.601. The first-order chi connectivity index (χ1) is 8.28. The van der Waals surface area contributed by atoms with Gasteiger partial charge in [0.15, 0.2) is 0 Å². The van der Waals surface area contributed by atoms with Crippen LogP contribution in [0.25, 0.3) is 11.0 Å². The smallest absolute Gasteiger partial charge is 0.420 e. The summed E-state index contributed by atoms with van der Waals surface area (Å²) in [5.41, 5.74) is 1.10. The zero-order valence-corrected chi connectivity index (χ0v) is 10.8. The molecule has 0 bridgehead atoms. The molecule has 0 aliphatic carbocycles. The maximum absolute atomic E-state index is 13.4. The quantitative estimate of drug-likeness (QED) is 0.720. The van der Waals surface area contributed by atoms with E-state index in [1.165, 1.54) is 23.0 Å². The number of imidazole rings is 1. The van der Waals surface area contributed by atoms with Crippen LogP contribution in [0.1, 0.15) is 26.3 Å². The van der Waals surface area contributed by atoms with Gasteiger partial charge in [0, 0.05) is 6.07 Å². The minimum absolute atomic E-state index is 0.398. The summed E-state index contributed by atoms with van der Waals surface area (Å²) in [6.45, 7) is 7.07. The van der Waals surface area contributed by atoms with Gasteiger partial charge >= 0.3 is 6.09 Å². The lowest BCUT2D eigenvalue weighted by Crippen LogP contribution is -2.26. The highest BCUT2D eigenvalue weighted by Gasteiger charge is 2.20. The Bertz CT molecular complexity index is 611. The first-order valence-electron chi connectivity index (χ1n) is 5.64. The molecule has 0 saturated heterocycles. The fraction of sp³-hybridized carbons (Fsp3) is 0.385. The molecule has 0 spiro atoms. The van der Waals surface area contributed by atoms with E-state index in [-0.39, 0.29) is 0 Å². The predicted octanol–water partition coefficient (Wildman–Crippen LogP) is 3.27. The minimum Gasteiger partial charge on any atom is -0.443 e. The van der Waals surface area contributed by atoms with Crippen molar-refractivity contribution >= 4 is 17.1 Å². The van der Waals surface area contributed by atoms with Crippen molar-refractivity contribution in [1.82, 2.24) is 9.55 Å². The Morgan fingerprint density at radius 3 is 2.67 bits per heavy atom. The molecule has 1 heterocycles. The van der Waals surface area contributed by atoms with Crippen LogP contribution in [-0.4, -0.2) is 21.2 Å². The number of hydrogen-bond donors (Lipinski definition) is 0. The van der Waals surface area contributed by atoms with Gasteiger partial charge in [-0.3, -0.25) is 0 Å². The fourth-order valence-corrected chi connectivity index (χ4v) is 1.70. The number of nitrogens with zero attached hydrogens (tertiary/aromatic N) is 2. The Morgan fingerprint density at radius 1 is 1.39 bits per heavy atom. The summed E-state index contributed by atoms with van der Waals surface area (Å²) in [6.07, 6.45) is 0.792. The van der Waals surface area contributed by atoms with Crippen LogP contribution in [0.2, 0.25) is 0 Å². The number of carbonyl (C=O) groups is 1. The molecule has 0 unspecified atom stereocenters. The number of rotatable bonds is 0. The summed E-state index contributed by atoms with van der Waals surface area (Å²) >= 11 is 0. The molecule has 2 rings (SSSR count). The Labute approximate surface area is 104 Å². The van der Waals surface area contributed by atoms with Crippen LogP contribution in [0.4, 0.5) is 9.18 Å². The molecule has 0 aliphatic rings. The molecule has 96 valence electrons. The number of carbonyl (C=O) groups excluding carboxylic acids is 1. The third-order valence-corrected chi connectivity index (χ3v) is 2.40. The van der Waals surface area contributed by atoms with Gasteiger partial charge in [-0.25, -0.2) is 18.7 Å². The van der Waals surface area contributed by atoms with E-state index < -0.39 is 17.5 Å². The largest absolute Gasteiger partial charge is 0.443 e. The molecule has 0 amide bonds. The van der Waals surface area contributed by atoms with Gasteiger partial charge in [-0.05, 0) is 39.3 Å². The zero-order valence-electron chi connectivity index (χ0n) is 10.8. The summed E-state index contributed by atoms with van der Waals surface area (Å²) in [7, 11) is 0. The van der Waals surface area contributed by atoms with E-state index in [1.54, 1.807) is 27.7 Å². The second-order valence-electron chi connectivity index (χ2n) is 5.19. The van der Waals surface area contributed by atoms with Gasteiger partial charge in [0.05, 0.1) is 11.0 Å². The third-order valence-electron chi connectivity index (χ3n) is 2.40. The van der Waals surface area contributed by atoms with E-state index >= 15 is 0 Å².